The molecule has 3 rings (SSSR count). The molecular formula is C21H18ClNO2. The lowest BCUT2D eigenvalue weighted by Crippen LogP contribution is -2.34. The topological polar surface area (TPSA) is 29.5 Å². The van der Waals surface area contributed by atoms with Gasteiger partial charge < -0.3 is 9.64 Å². The molecule has 0 atom stereocenters. The van der Waals surface area contributed by atoms with Gasteiger partial charge in [-0.05, 0) is 29.8 Å². The Morgan fingerprint density at radius 3 is 2.12 bits per heavy atom. The maximum atomic E-state index is 12.8. The van der Waals surface area contributed by atoms with Gasteiger partial charge in [-0.25, -0.2) is 0 Å². The molecule has 0 spiro atoms. The molecule has 3 nitrogen and oxygen atoms in total. The van der Waals surface area contributed by atoms with Crippen LogP contribution in [0.4, 0.5) is 5.69 Å². The number of hydrogen-bond donors (Lipinski definition) is 0. The van der Waals surface area contributed by atoms with Crippen LogP contribution < -0.4 is 9.64 Å². The second kappa shape index (κ2) is 8.36. The van der Waals surface area contributed by atoms with Crippen LogP contribution in [0.1, 0.15) is 5.56 Å². The van der Waals surface area contributed by atoms with Crippen LogP contribution in [0, 0.1) is 0 Å². The molecule has 4 heteroatoms. The first kappa shape index (κ1) is 17.1. The van der Waals surface area contributed by atoms with E-state index in [0.29, 0.717) is 17.3 Å². The van der Waals surface area contributed by atoms with E-state index in [9.17, 15) is 4.79 Å². The summed E-state index contributed by atoms with van der Waals surface area (Å²) in [4.78, 5) is 14.5. The molecule has 1 amide bonds. The summed E-state index contributed by atoms with van der Waals surface area (Å²) in [5.74, 6) is 0.375. The number of halogens is 1. The van der Waals surface area contributed by atoms with Crippen LogP contribution >= 0.6 is 11.6 Å². The van der Waals surface area contributed by atoms with Gasteiger partial charge in [-0.15, -0.1) is 0 Å². The molecule has 0 unspecified atom stereocenters. The van der Waals surface area contributed by atoms with E-state index in [-0.39, 0.29) is 12.5 Å². The number of nitrogens with zero attached hydrogens (tertiary/aromatic N) is 1. The highest BCUT2D eigenvalue weighted by atomic mass is 35.5. The fourth-order valence-corrected chi connectivity index (χ4v) is 2.67. The third-order valence-corrected chi connectivity index (χ3v) is 4.05. The number of rotatable bonds is 6. The van der Waals surface area contributed by atoms with Crippen molar-refractivity contribution in [3.05, 3.63) is 95.5 Å². The van der Waals surface area contributed by atoms with Crippen LogP contribution in [0.3, 0.4) is 0 Å². The summed E-state index contributed by atoms with van der Waals surface area (Å²) < 4.78 is 5.62. The lowest BCUT2D eigenvalue weighted by Gasteiger charge is -2.23. The largest absolute Gasteiger partial charge is 0.482 e. The second-order valence-electron chi connectivity index (χ2n) is 5.52. The van der Waals surface area contributed by atoms with Gasteiger partial charge in [0.25, 0.3) is 5.91 Å². The third kappa shape index (κ3) is 4.61. The molecule has 0 fully saturated rings. The van der Waals surface area contributed by atoms with Crippen molar-refractivity contribution in [2.24, 2.45) is 0 Å². The molecule has 126 valence electrons. The molecule has 3 aromatic carbocycles. The summed E-state index contributed by atoms with van der Waals surface area (Å²) >= 11 is 6.08. The normalized spacial score (nSPS) is 10.3. The lowest BCUT2D eigenvalue weighted by molar-refractivity contribution is -0.120. The second-order valence-corrected chi connectivity index (χ2v) is 5.93. The number of ether oxygens (including phenoxy) is 1. The van der Waals surface area contributed by atoms with Gasteiger partial charge in [0.2, 0.25) is 0 Å². The first-order valence-electron chi connectivity index (χ1n) is 8.01. The summed E-state index contributed by atoms with van der Waals surface area (Å²) in [6, 6.07) is 26.6. The fourth-order valence-electron chi connectivity index (χ4n) is 2.48. The van der Waals surface area contributed by atoms with E-state index in [1.807, 2.05) is 72.8 Å². The first-order chi connectivity index (χ1) is 12.2. The van der Waals surface area contributed by atoms with E-state index in [0.717, 1.165) is 11.3 Å². The van der Waals surface area contributed by atoms with E-state index in [1.54, 1.807) is 17.0 Å². The fraction of sp³-hybridized carbons (Fsp3) is 0.0952. The summed E-state index contributed by atoms with van der Waals surface area (Å²) in [5.41, 5.74) is 1.89. The molecule has 0 saturated carbocycles. The van der Waals surface area contributed by atoms with Crippen LogP contribution in [-0.4, -0.2) is 12.5 Å². The van der Waals surface area contributed by atoms with Crippen LogP contribution in [0.5, 0.6) is 5.75 Å². The Balaban J connectivity index is 1.76. The van der Waals surface area contributed by atoms with Gasteiger partial charge in [0.05, 0.1) is 11.6 Å². The molecular weight excluding hydrogens is 334 g/mol. The smallest absolute Gasteiger partial charge is 0.265 e. The van der Waals surface area contributed by atoms with Crippen LogP contribution in [0.2, 0.25) is 5.02 Å². The Labute approximate surface area is 152 Å². The van der Waals surface area contributed by atoms with Gasteiger partial charge in [-0.2, -0.15) is 0 Å². The molecule has 0 N–H and O–H groups in total. The number of benzene rings is 3. The molecule has 0 bridgehead atoms. The molecule has 0 saturated heterocycles. The van der Waals surface area contributed by atoms with E-state index < -0.39 is 0 Å². The molecule has 0 radical (unpaired) electrons. The number of anilines is 1. The minimum absolute atomic E-state index is 0.0779. The Bertz CT molecular complexity index is 822. The zero-order valence-electron chi connectivity index (χ0n) is 13.6. The number of amides is 1. The summed E-state index contributed by atoms with van der Waals surface area (Å²) in [6.45, 7) is 0.404. The molecule has 0 aliphatic carbocycles. The Kier molecular flexibility index (Phi) is 5.70. The summed E-state index contributed by atoms with van der Waals surface area (Å²) in [7, 11) is 0. The average Bonchev–Trinajstić information content (AvgIpc) is 2.67. The number of carbonyl (C=O) groups excluding carboxylic acids is 1. The highest BCUT2D eigenvalue weighted by Gasteiger charge is 2.17. The molecule has 3 aromatic rings. The number of carbonyl (C=O) groups is 1. The average molecular weight is 352 g/mol. The van der Waals surface area contributed by atoms with Crippen LogP contribution in [-0.2, 0) is 11.3 Å². The van der Waals surface area contributed by atoms with Crippen LogP contribution in [0.25, 0.3) is 0 Å². The quantitative estimate of drug-likeness (QED) is 0.628. The molecule has 0 heterocycles. The van der Waals surface area contributed by atoms with Crippen molar-refractivity contribution in [1.29, 1.82) is 0 Å². The van der Waals surface area contributed by atoms with Gasteiger partial charge >= 0.3 is 0 Å². The van der Waals surface area contributed by atoms with E-state index in [4.69, 9.17) is 16.3 Å². The Hall–Kier alpha value is -2.78. The van der Waals surface area contributed by atoms with Gasteiger partial charge in [-0.3, -0.25) is 4.79 Å². The van der Waals surface area contributed by atoms with Crippen molar-refractivity contribution in [2.75, 3.05) is 11.5 Å². The van der Waals surface area contributed by atoms with Crippen molar-refractivity contribution in [3.8, 4) is 5.75 Å². The van der Waals surface area contributed by atoms with Crippen molar-refractivity contribution < 1.29 is 9.53 Å². The predicted octanol–water partition coefficient (Wildman–Crippen LogP) is 4.95. The van der Waals surface area contributed by atoms with Gasteiger partial charge in [0.15, 0.2) is 6.61 Å². The Morgan fingerprint density at radius 1 is 0.840 bits per heavy atom. The lowest BCUT2D eigenvalue weighted by atomic mass is 10.2. The molecule has 25 heavy (non-hydrogen) atoms. The standard InChI is InChI=1S/C21H18ClNO2/c22-19-13-7-8-14-20(19)25-16-21(24)23(18-11-5-2-6-12-18)15-17-9-3-1-4-10-17/h1-14H,15-16H2. The van der Waals surface area contributed by atoms with Gasteiger partial charge in [0.1, 0.15) is 5.75 Å². The van der Waals surface area contributed by atoms with Gasteiger partial charge in [0, 0.05) is 5.69 Å². The van der Waals surface area contributed by atoms with Crippen molar-refractivity contribution in [2.45, 2.75) is 6.54 Å². The van der Waals surface area contributed by atoms with Crippen molar-refractivity contribution in [1.82, 2.24) is 0 Å². The third-order valence-electron chi connectivity index (χ3n) is 3.74. The predicted molar refractivity (Wildman–Crippen MR) is 101 cm³/mol. The Morgan fingerprint density at radius 2 is 1.44 bits per heavy atom. The van der Waals surface area contributed by atoms with Crippen LogP contribution in [0.15, 0.2) is 84.9 Å². The van der Waals surface area contributed by atoms with Crippen molar-refractivity contribution in [3.63, 3.8) is 0 Å². The van der Waals surface area contributed by atoms with E-state index in [2.05, 4.69) is 0 Å². The molecule has 0 aliphatic rings. The number of para-hydroxylation sites is 2. The summed E-state index contributed by atoms with van der Waals surface area (Å²) in [6.07, 6.45) is 0. The molecule has 0 aliphatic heterocycles. The highest BCUT2D eigenvalue weighted by molar-refractivity contribution is 6.32. The maximum Gasteiger partial charge on any atom is 0.265 e. The monoisotopic (exact) mass is 351 g/mol. The van der Waals surface area contributed by atoms with E-state index in [1.165, 1.54) is 0 Å². The zero-order chi connectivity index (χ0) is 17.5. The molecule has 0 aromatic heterocycles. The van der Waals surface area contributed by atoms with E-state index >= 15 is 0 Å². The SMILES string of the molecule is O=C(COc1ccccc1Cl)N(Cc1ccccc1)c1ccccc1. The summed E-state index contributed by atoms with van der Waals surface area (Å²) in [5, 5.41) is 0.490. The maximum absolute atomic E-state index is 12.8. The highest BCUT2D eigenvalue weighted by Crippen LogP contribution is 2.24. The van der Waals surface area contributed by atoms with Crippen molar-refractivity contribution >= 4 is 23.2 Å². The van der Waals surface area contributed by atoms with Gasteiger partial charge in [-0.1, -0.05) is 72.3 Å². The zero-order valence-corrected chi connectivity index (χ0v) is 14.4. The number of hydrogen-bond acceptors (Lipinski definition) is 2. The minimum Gasteiger partial charge on any atom is -0.482 e. The first-order valence-corrected chi connectivity index (χ1v) is 8.38. The minimum atomic E-state index is -0.130.